The van der Waals surface area contributed by atoms with E-state index in [0.29, 0.717) is 0 Å². The molecular formula is C43H85N2+. The lowest BCUT2D eigenvalue weighted by molar-refractivity contribution is -0.704. The highest BCUT2D eigenvalue weighted by molar-refractivity contribution is 4.84. The Morgan fingerprint density at radius 3 is 1.07 bits per heavy atom. The lowest BCUT2D eigenvalue weighted by Crippen LogP contribution is -2.37. The van der Waals surface area contributed by atoms with Gasteiger partial charge < -0.3 is 0 Å². The van der Waals surface area contributed by atoms with E-state index in [2.05, 4.69) is 42.3 Å². The van der Waals surface area contributed by atoms with Crippen molar-refractivity contribution in [1.82, 2.24) is 4.57 Å². The fraction of sp³-hybridized carbons (Fsp3) is 0.930. The Morgan fingerprint density at radius 1 is 0.378 bits per heavy atom. The Labute approximate surface area is 285 Å². The van der Waals surface area contributed by atoms with Crippen molar-refractivity contribution in [3.05, 3.63) is 18.2 Å². The molecule has 0 aliphatic heterocycles. The quantitative estimate of drug-likeness (QED) is 0.0511. The first kappa shape index (κ1) is 42.2. The highest BCUT2D eigenvalue weighted by atomic mass is 15.1. The van der Waals surface area contributed by atoms with Crippen molar-refractivity contribution >= 4 is 0 Å². The first-order chi connectivity index (χ1) is 22.3. The van der Waals surface area contributed by atoms with Crippen molar-refractivity contribution < 1.29 is 4.57 Å². The molecule has 2 heteroatoms. The molecule has 0 spiro atoms. The minimum absolute atomic E-state index is 1.22. The Morgan fingerprint density at radius 2 is 0.689 bits per heavy atom. The van der Waals surface area contributed by atoms with Crippen LogP contribution in [-0.2, 0) is 19.5 Å². The summed E-state index contributed by atoms with van der Waals surface area (Å²) in [6, 6.07) is 0. The number of rotatable bonds is 37. The van der Waals surface area contributed by atoms with E-state index in [0.717, 1.165) is 0 Å². The van der Waals surface area contributed by atoms with E-state index in [9.17, 15) is 0 Å². The van der Waals surface area contributed by atoms with Gasteiger partial charge in [-0.3, -0.25) is 0 Å². The monoisotopic (exact) mass is 630 g/mol. The Balaban J connectivity index is 2.09. The van der Waals surface area contributed by atoms with Gasteiger partial charge in [-0.2, -0.15) is 0 Å². The second-order valence-electron chi connectivity index (χ2n) is 14.8. The molecule has 1 aromatic rings. The highest BCUT2D eigenvalue weighted by Crippen LogP contribution is 2.16. The van der Waals surface area contributed by atoms with Gasteiger partial charge in [0.2, 0.25) is 0 Å². The van der Waals surface area contributed by atoms with Gasteiger partial charge >= 0.3 is 0 Å². The largest absolute Gasteiger partial charge is 0.256 e. The molecule has 0 radical (unpaired) electrons. The number of hydrogen-bond donors (Lipinski definition) is 0. The van der Waals surface area contributed by atoms with E-state index in [1.807, 2.05) is 0 Å². The van der Waals surface area contributed by atoms with Crippen molar-refractivity contribution in [2.24, 2.45) is 0 Å². The predicted octanol–water partition coefficient (Wildman–Crippen LogP) is 14.6. The molecule has 0 saturated carbocycles. The molecule has 0 aliphatic rings. The average Bonchev–Trinajstić information content (AvgIpc) is 3.43. The molecule has 45 heavy (non-hydrogen) atoms. The Hall–Kier alpha value is -0.790. The molecule has 1 rings (SSSR count). The molecule has 0 N–H and O–H groups in total. The van der Waals surface area contributed by atoms with Crippen molar-refractivity contribution in [3.8, 4) is 0 Å². The van der Waals surface area contributed by atoms with Gasteiger partial charge in [-0.15, -0.1) is 0 Å². The smallest absolute Gasteiger partial charge is 0.234 e. The molecule has 0 bridgehead atoms. The fourth-order valence-corrected chi connectivity index (χ4v) is 7.21. The molecule has 0 saturated heterocycles. The van der Waals surface area contributed by atoms with E-state index in [1.165, 1.54) is 238 Å². The van der Waals surface area contributed by atoms with Crippen molar-refractivity contribution in [2.75, 3.05) is 0 Å². The van der Waals surface area contributed by atoms with Gasteiger partial charge in [0.15, 0.2) is 0 Å². The van der Waals surface area contributed by atoms with Crippen LogP contribution in [0.5, 0.6) is 0 Å². The van der Waals surface area contributed by atoms with Crippen LogP contribution in [-0.4, -0.2) is 4.57 Å². The summed E-state index contributed by atoms with van der Waals surface area (Å²) in [4.78, 5) is 0. The summed E-state index contributed by atoms with van der Waals surface area (Å²) in [6.45, 7) is 9.39. The summed E-state index contributed by atoms with van der Waals surface area (Å²) < 4.78 is 5.23. The van der Waals surface area contributed by atoms with E-state index in [-0.39, 0.29) is 0 Å². The first-order valence-electron chi connectivity index (χ1n) is 21.4. The van der Waals surface area contributed by atoms with Gasteiger partial charge in [0.1, 0.15) is 12.4 Å². The second kappa shape index (κ2) is 34.5. The van der Waals surface area contributed by atoms with Crippen LogP contribution in [0.1, 0.15) is 245 Å². The van der Waals surface area contributed by atoms with Gasteiger partial charge in [0, 0.05) is 6.42 Å². The molecule has 0 aromatic carbocycles. The summed E-state index contributed by atoms with van der Waals surface area (Å²) in [7, 11) is 0. The van der Waals surface area contributed by atoms with Crippen LogP contribution in [0.4, 0.5) is 0 Å². The third-order valence-corrected chi connectivity index (χ3v) is 10.3. The molecular weight excluding hydrogens is 544 g/mol. The van der Waals surface area contributed by atoms with Crippen LogP contribution in [0.3, 0.4) is 0 Å². The van der Waals surface area contributed by atoms with E-state index >= 15 is 0 Å². The van der Waals surface area contributed by atoms with Gasteiger partial charge in [-0.25, -0.2) is 9.13 Å². The van der Waals surface area contributed by atoms with Gasteiger partial charge in [0.25, 0.3) is 5.82 Å². The summed E-state index contributed by atoms with van der Waals surface area (Å²) in [5, 5.41) is 0. The number of unbranched alkanes of at least 4 members (excludes halogenated alkanes) is 31. The summed E-state index contributed by atoms with van der Waals surface area (Å²) in [5.74, 6) is 1.61. The van der Waals surface area contributed by atoms with Crippen molar-refractivity contribution in [1.29, 1.82) is 0 Å². The van der Waals surface area contributed by atoms with Crippen LogP contribution in [0.2, 0.25) is 0 Å². The zero-order valence-corrected chi connectivity index (χ0v) is 31.7. The van der Waals surface area contributed by atoms with E-state index < -0.39 is 0 Å². The Kier molecular flexibility index (Phi) is 32.4. The van der Waals surface area contributed by atoms with Crippen LogP contribution in [0, 0.1) is 0 Å². The van der Waals surface area contributed by atoms with Crippen LogP contribution >= 0.6 is 0 Å². The second-order valence-corrected chi connectivity index (χ2v) is 14.8. The molecule has 0 unspecified atom stereocenters. The standard InChI is InChI=1S/C43H85N2/c1-4-7-10-12-14-16-18-20-22-23-25-27-29-31-33-35-38-43-44(39-36-9-6-3)41-42-45(43)40-37-34-32-30-28-26-24-21-19-17-15-13-11-8-5-2/h41-42H,4-40H2,1-3H3/q+1. The van der Waals surface area contributed by atoms with E-state index in [1.54, 1.807) is 5.82 Å². The third kappa shape index (κ3) is 26.9. The molecule has 0 fully saturated rings. The van der Waals surface area contributed by atoms with Crippen molar-refractivity contribution in [2.45, 2.75) is 259 Å². The SMILES string of the molecule is CCCCCCCCCCCCCCCCCCc1n(CCCCC)cc[n+]1CCCCCCCCCCCCCCCCC. The molecule has 1 aromatic heterocycles. The summed E-state index contributed by atoms with van der Waals surface area (Å²) in [5.41, 5.74) is 0. The zero-order chi connectivity index (χ0) is 32.3. The van der Waals surface area contributed by atoms with Gasteiger partial charge in [-0.05, 0) is 32.1 Å². The van der Waals surface area contributed by atoms with Crippen LogP contribution < -0.4 is 4.57 Å². The lowest BCUT2D eigenvalue weighted by atomic mass is 10.0. The number of nitrogens with zero attached hydrogens (tertiary/aromatic N) is 2. The zero-order valence-electron chi connectivity index (χ0n) is 31.7. The number of aromatic nitrogens is 2. The van der Waals surface area contributed by atoms with Gasteiger partial charge in [-0.1, -0.05) is 207 Å². The first-order valence-corrected chi connectivity index (χ1v) is 21.4. The summed E-state index contributed by atoms with van der Waals surface area (Å²) in [6.07, 6.45) is 54.9. The minimum atomic E-state index is 1.22. The molecule has 1 heterocycles. The number of hydrogen-bond acceptors (Lipinski definition) is 0. The maximum absolute atomic E-state index is 2.62. The number of imidazole rings is 1. The molecule has 0 amide bonds. The van der Waals surface area contributed by atoms with Crippen molar-refractivity contribution in [3.63, 3.8) is 0 Å². The van der Waals surface area contributed by atoms with Gasteiger partial charge in [0.05, 0.1) is 13.1 Å². The average molecular weight is 630 g/mol. The maximum atomic E-state index is 2.62. The summed E-state index contributed by atoms with van der Waals surface area (Å²) >= 11 is 0. The topological polar surface area (TPSA) is 8.81 Å². The highest BCUT2D eigenvalue weighted by Gasteiger charge is 2.16. The third-order valence-electron chi connectivity index (χ3n) is 10.3. The Bertz CT molecular complexity index is 692. The molecule has 0 aliphatic carbocycles. The maximum Gasteiger partial charge on any atom is 0.256 e. The lowest BCUT2D eigenvalue weighted by Gasteiger charge is -2.07. The molecule has 2 nitrogen and oxygen atoms in total. The fourth-order valence-electron chi connectivity index (χ4n) is 7.21. The predicted molar refractivity (Wildman–Crippen MR) is 202 cm³/mol. The van der Waals surface area contributed by atoms with E-state index in [4.69, 9.17) is 0 Å². The minimum Gasteiger partial charge on any atom is -0.234 e. The molecule has 266 valence electrons. The normalized spacial score (nSPS) is 11.6. The molecule has 0 atom stereocenters. The van der Waals surface area contributed by atoms with Crippen LogP contribution in [0.15, 0.2) is 12.4 Å². The van der Waals surface area contributed by atoms with Crippen LogP contribution in [0.25, 0.3) is 0 Å². The number of aryl methyl sites for hydroxylation is 2.